The summed E-state index contributed by atoms with van der Waals surface area (Å²) in [5, 5.41) is 3.50. The third-order valence-corrected chi connectivity index (χ3v) is 4.84. The van der Waals surface area contributed by atoms with Crippen LogP contribution in [0.3, 0.4) is 0 Å². The van der Waals surface area contributed by atoms with E-state index in [0.717, 1.165) is 31.2 Å². The molecule has 1 N–H and O–H groups in total. The Morgan fingerprint density at radius 3 is 2.29 bits per heavy atom. The summed E-state index contributed by atoms with van der Waals surface area (Å²) in [6, 6.07) is 12.8. The Labute approximate surface area is 145 Å². The number of aryl methyl sites for hydroxylation is 1. The highest BCUT2D eigenvalue weighted by Gasteiger charge is 2.16. The van der Waals surface area contributed by atoms with Gasteiger partial charge in [0.05, 0.1) is 6.54 Å². The summed E-state index contributed by atoms with van der Waals surface area (Å²) >= 11 is 0. The van der Waals surface area contributed by atoms with Gasteiger partial charge in [-0.2, -0.15) is 0 Å². The molecule has 24 heavy (non-hydrogen) atoms. The Balaban J connectivity index is 1.53. The van der Waals surface area contributed by atoms with Gasteiger partial charge < -0.3 is 14.6 Å². The predicted octanol–water partition coefficient (Wildman–Crippen LogP) is 3.02. The molecule has 2 aromatic rings. The molecule has 1 aromatic carbocycles. The zero-order valence-electron chi connectivity index (χ0n) is 14.9. The first-order chi connectivity index (χ1) is 11.7. The second kappa shape index (κ2) is 8.47. The number of piperazine rings is 1. The monoisotopic (exact) mass is 327 g/mol. The Bertz CT molecular complexity index is 629. The molecule has 0 atom stereocenters. The number of hydrogen-bond donors (Lipinski definition) is 1. The summed E-state index contributed by atoms with van der Waals surface area (Å²) in [6.45, 7) is 12.8. The van der Waals surface area contributed by atoms with Gasteiger partial charge in [-0.05, 0) is 36.7 Å². The van der Waals surface area contributed by atoms with E-state index in [2.05, 4.69) is 46.3 Å². The van der Waals surface area contributed by atoms with Crippen LogP contribution >= 0.6 is 0 Å². The van der Waals surface area contributed by atoms with E-state index in [4.69, 9.17) is 4.42 Å². The molecule has 4 nitrogen and oxygen atoms in total. The SMILES string of the molecule is CCN1CCN(Cc2ccccc2CNCc2ccc(C)o2)CC1. The molecule has 0 spiro atoms. The molecular weight excluding hydrogens is 298 g/mol. The fourth-order valence-electron chi connectivity index (χ4n) is 3.29. The minimum Gasteiger partial charge on any atom is -0.465 e. The molecule has 0 unspecified atom stereocenters. The molecule has 1 aliphatic heterocycles. The topological polar surface area (TPSA) is 31.6 Å². The van der Waals surface area contributed by atoms with Crippen LogP contribution in [0.15, 0.2) is 40.8 Å². The van der Waals surface area contributed by atoms with E-state index in [1.54, 1.807) is 0 Å². The summed E-state index contributed by atoms with van der Waals surface area (Å²) in [4.78, 5) is 5.09. The largest absolute Gasteiger partial charge is 0.465 e. The van der Waals surface area contributed by atoms with Crippen molar-refractivity contribution < 1.29 is 4.42 Å². The number of nitrogens with zero attached hydrogens (tertiary/aromatic N) is 2. The third-order valence-electron chi connectivity index (χ3n) is 4.84. The van der Waals surface area contributed by atoms with Gasteiger partial charge in [-0.25, -0.2) is 0 Å². The number of nitrogens with one attached hydrogen (secondary N) is 1. The minimum atomic E-state index is 0.775. The van der Waals surface area contributed by atoms with Crippen LogP contribution in [0.2, 0.25) is 0 Å². The van der Waals surface area contributed by atoms with Crippen LogP contribution in [0.5, 0.6) is 0 Å². The summed E-state index contributed by atoms with van der Waals surface area (Å²) in [5.41, 5.74) is 2.82. The Kier molecular flexibility index (Phi) is 6.07. The molecule has 4 heteroatoms. The van der Waals surface area contributed by atoms with Crippen LogP contribution in [-0.2, 0) is 19.6 Å². The summed E-state index contributed by atoms with van der Waals surface area (Å²) in [6.07, 6.45) is 0. The maximum atomic E-state index is 5.62. The Hall–Kier alpha value is -1.62. The van der Waals surface area contributed by atoms with Crippen LogP contribution < -0.4 is 5.32 Å². The van der Waals surface area contributed by atoms with Crippen molar-refractivity contribution in [3.63, 3.8) is 0 Å². The van der Waals surface area contributed by atoms with Crippen molar-refractivity contribution in [3.05, 3.63) is 59.0 Å². The number of benzene rings is 1. The van der Waals surface area contributed by atoms with E-state index in [0.29, 0.717) is 0 Å². The zero-order chi connectivity index (χ0) is 16.8. The van der Waals surface area contributed by atoms with Gasteiger partial charge in [0.2, 0.25) is 0 Å². The lowest BCUT2D eigenvalue weighted by Crippen LogP contribution is -2.45. The summed E-state index contributed by atoms with van der Waals surface area (Å²) in [7, 11) is 0. The lowest BCUT2D eigenvalue weighted by atomic mass is 10.1. The quantitative estimate of drug-likeness (QED) is 0.847. The number of hydrogen-bond acceptors (Lipinski definition) is 4. The van der Waals surface area contributed by atoms with E-state index in [9.17, 15) is 0 Å². The van der Waals surface area contributed by atoms with E-state index < -0.39 is 0 Å². The van der Waals surface area contributed by atoms with Gasteiger partial charge in [0, 0.05) is 39.3 Å². The van der Waals surface area contributed by atoms with Crippen LogP contribution in [0.1, 0.15) is 29.6 Å². The molecule has 0 bridgehead atoms. The van der Waals surface area contributed by atoms with Crippen molar-refractivity contribution >= 4 is 0 Å². The van der Waals surface area contributed by atoms with Crippen LogP contribution in [-0.4, -0.2) is 42.5 Å². The number of furan rings is 1. The maximum absolute atomic E-state index is 5.62. The molecule has 2 heterocycles. The standard InChI is InChI=1S/C20H29N3O/c1-3-22-10-12-23(13-11-22)16-19-7-5-4-6-18(19)14-21-15-20-9-8-17(2)24-20/h4-9,21H,3,10-16H2,1-2H3. The van der Waals surface area contributed by atoms with Crippen molar-refractivity contribution in [1.29, 1.82) is 0 Å². The van der Waals surface area contributed by atoms with Gasteiger partial charge >= 0.3 is 0 Å². The second-order valence-electron chi connectivity index (χ2n) is 6.60. The van der Waals surface area contributed by atoms with Gasteiger partial charge in [-0.1, -0.05) is 31.2 Å². The van der Waals surface area contributed by atoms with Gasteiger partial charge in [0.15, 0.2) is 0 Å². The fourth-order valence-corrected chi connectivity index (χ4v) is 3.29. The van der Waals surface area contributed by atoms with Gasteiger partial charge in [0.1, 0.15) is 11.5 Å². The van der Waals surface area contributed by atoms with Gasteiger partial charge in [-0.15, -0.1) is 0 Å². The first-order valence-corrected chi connectivity index (χ1v) is 9.02. The van der Waals surface area contributed by atoms with Crippen molar-refractivity contribution in [3.8, 4) is 0 Å². The number of rotatable bonds is 7. The van der Waals surface area contributed by atoms with E-state index in [1.165, 1.54) is 43.9 Å². The first-order valence-electron chi connectivity index (χ1n) is 9.02. The molecule has 130 valence electrons. The lowest BCUT2D eigenvalue weighted by molar-refractivity contribution is 0.131. The van der Waals surface area contributed by atoms with Crippen LogP contribution in [0, 0.1) is 6.92 Å². The van der Waals surface area contributed by atoms with E-state index in [-0.39, 0.29) is 0 Å². The minimum absolute atomic E-state index is 0.775. The second-order valence-corrected chi connectivity index (χ2v) is 6.60. The molecule has 1 aromatic heterocycles. The van der Waals surface area contributed by atoms with Crippen molar-refractivity contribution in [2.24, 2.45) is 0 Å². The molecular formula is C20H29N3O. The normalized spacial score (nSPS) is 16.6. The highest BCUT2D eigenvalue weighted by Crippen LogP contribution is 2.14. The highest BCUT2D eigenvalue weighted by molar-refractivity contribution is 5.27. The number of likely N-dealkylation sites (N-methyl/N-ethyl adjacent to an activating group) is 1. The van der Waals surface area contributed by atoms with Crippen molar-refractivity contribution in [1.82, 2.24) is 15.1 Å². The zero-order valence-corrected chi connectivity index (χ0v) is 14.9. The molecule has 1 fully saturated rings. The molecule has 0 saturated carbocycles. The molecule has 1 aliphatic rings. The molecule has 3 rings (SSSR count). The summed E-state index contributed by atoms with van der Waals surface area (Å²) in [5.74, 6) is 1.97. The average molecular weight is 327 g/mol. The van der Waals surface area contributed by atoms with Crippen molar-refractivity contribution in [2.75, 3.05) is 32.7 Å². The van der Waals surface area contributed by atoms with E-state index in [1.807, 2.05) is 19.1 Å². The smallest absolute Gasteiger partial charge is 0.117 e. The summed E-state index contributed by atoms with van der Waals surface area (Å²) < 4.78 is 5.62. The highest BCUT2D eigenvalue weighted by atomic mass is 16.3. The Morgan fingerprint density at radius 2 is 1.62 bits per heavy atom. The van der Waals surface area contributed by atoms with Gasteiger partial charge in [-0.3, -0.25) is 4.90 Å². The first kappa shape index (κ1) is 17.2. The van der Waals surface area contributed by atoms with Gasteiger partial charge in [0.25, 0.3) is 0 Å². The van der Waals surface area contributed by atoms with E-state index >= 15 is 0 Å². The van der Waals surface area contributed by atoms with Crippen molar-refractivity contribution in [2.45, 2.75) is 33.5 Å². The fraction of sp³-hybridized carbons (Fsp3) is 0.500. The van der Waals surface area contributed by atoms with Crippen LogP contribution in [0.25, 0.3) is 0 Å². The van der Waals surface area contributed by atoms with Crippen LogP contribution in [0.4, 0.5) is 0 Å². The molecule has 0 aliphatic carbocycles. The maximum Gasteiger partial charge on any atom is 0.117 e. The third kappa shape index (κ3) is 4.69. The molecule has 0 amide bonds. The molecule has 0 radical (unpaired) electrons. The Morgan fingerprint density at radius 1 is 0.917 bits per heavy atom. The predicted molar refractivity (Wildman–Crippen MR) is 97.8 cm³/mol. The average Bonchev–Trinajstić information content (AvgIpc) is 3.02. The lowest BCUT2D eigenvalue weighted by Gasteiger charge is -2.34. The molecule has 1 saturated heterocycles.